The van der Waals surface area contributed by atoms with Crippen LogP contribution in [0.25, 0.3) is 0 Å². The van der Waals surface area contributed by atoms with Crippen molar-refractivity contribution in [3.05, 3.63) is 24.2 Å². The minimum absolute atomic E-state index is 0.496. The Morgan fingerprint density at radius 3 is 2.77 bits per heavy atom. The van der Waals surface area contributed by atoms with Crippen LogP contribution >= 0.6 is 0 Å². The van der Waals surface area contributed by atoms with E-state index in [0.29, 0.717) is 6.04 Å². The zero-order chi connectivity index (χ0) is 21.1. The van der Waals surface area contributed by atoms with Crippen molar-refractivity contribution in [3.63, 3.8) is 0 Å². The zero-order valence-electron chi connectivity index (χ0n) is 19.1. The van der Waals surface area contributed by atoms with Crippen LogP contribution < -0.4 is 10.6 Å². The maximum Gasteiger partial charge on any atom is 0.191 e. The summed E-state index contributed by atoms with van der Waals surface area (Å²) in [5.41, 5.74) is 0. The molecule has 174 valence electrons. The van der Waals surface area contributed by atoms with Crippen molar-refractivity contribution < 1.29 is 9.15 Å². The van der Waals surface area contributed by atoms with Crippen LogP contribution in [-0.2, 0) is 11.2 Å². The first-order chi connectivity index (χ1) is 15.3. The fraction of sp³-hybridized carbons (Fsp3) is 0.792. The Morgan fingerprint density at radius 2 is 1.97 bits per heavy atom. The summed E-state index contributed by atoms with van der Waals surface area (Å²) in [6.07, 6.45) is 10.6. The van der Waals surface area contributed by atoms with E-state index < -0.39 is 0 Å². The predicted octanol–water partition coefficient (Wildman–Crippen LogP) is 2.34. The van der Waals surface area contributed by atoms with E-state index in [1.54, 1.807) is 6.26 Å². The highest BCUT2D eigenvalue weighted by atomic mass is 16.5. The quantitative estimate of drug-likeness (QED) is 0.337. The van der Waals surface area contributed by atoms with Gasteiger partial charge in [0.05, 0.1) is 19.5 Å². The minimum Gasteiger partial charge on any atom is -0.469 e. The Balaban J connectivity index is 1.22. The summed E-state index contributed by atoms with van der Waals surface area (Å²) in [4.78, 5) is 10.0. The lowest BCUT2D eigenvalue weighted by Crippen LogP contribution is -2.45. The second-order valence-electron chi connectivity index (χ2n) is 9.33. The Morgan fingerprint density at radius 1 is 1.10 bits per heavy atom. The summed E-state index contributed by atoms with van der Waals surface area (Å²) in [7, 11) is 0. The molecule has 1 aromatic heterocycles. The van der Waals surface area contributed by atoms with Crippen LogP contribution in [0.4, 0.5) is 0 Å². The van der Waals surface area contributed by atoms with Crippen molar-refractivity contribution in [1.29, 1.82) is 0 Å². The molecule has 0 radical (unpaired) electrons. The van der Waals surface area contributed by atoms with Gasteiger partial charge in [0, 0.05) is 64.8 Å². The molecule has 7 nitrogen and oxygen atoms in total. The number of hydrogen-bond acceptors (Lipinski definition) is 5. The molecule has 3 heterocycles. The van der Waals surface area contributed by atoms with E-state index in [1.165, 1.54) is 45.2 Å². The van der Waals surface area contributed by atoms with Crippen LogP contribution in [0.5, 0.6) is 0 Å². The summed E-state index contributed by atoms with van der Waals surface area (Å²) in [6, 6.07) is 4.48. The largest absolute Gasteiger partial charge is 0.469 e. The molecular weight excluding hydrogens is 390 g/mol. The lowest BCUT2D eigenvalue weighted by atomic mass is 10.1. The number of nitrogens with one attached hydrogen (secondary N) is 2. The molecule has 1 unspecified atom stereocenters. The van der Waals surface area contributed by atoms with Gasteiger partial charge in [0.15, 0.2) is 5.96 Å². The predicted molar refractivity (Wildman–Crippen MR) is 125 cm³/mol. The van der Waals surface area contributed by atoms with E-state index in [4.69, 9.17) is 14.1 Å². The van der Waals surface area contributed by atoms with Gasteiger partial charge in [-0.1, -0.05) is 12.8 Å². The number of hydrogen-bond donors (Lipinski definition) is 2. The van der Waals surface area contributed by atoms with Crippen LogP contribution in [0, 0.1) is 5.92 Å². The Hall–Kier alpha value is -1.57. The van der Waals surface area contributed by atoms with Crippen molar-refractivity contribution in [2.24, 2.45) is 10.9 Å². The molecule has 1 aromatic rings. The number of likely N-dealkylation sites (tertiary alicyclic amines) is 1. The first-order valence-corrected chi connectivity index (χ1v) is 12.4. The average molecular weight is 432 g/mol. The molecule has 0 amide bonds. The van der Waals surface area contributed by atoms with Crippen LogP contribution in [0.1, 0.15) is 44.3 Å². The maximum absolute atomic E-state index is 5.47. The van der Waals surface area contributed by atoms with Crippen molar-refractivity contribution in [2.45, 2.75) is 51.0 Å². The molecule has 0 bridgehead atoms. The molecule has 31 heavy (non-hydrogen) atoms. The third kappa shape index (κ3) is 7.81. The van der Waals surface area contributed by atoms with E-state index in [-0.39, 0.29) is 0 Å². The molecule has 0 spiro atoms. The lowest BCUT2D eigenvalue weighted by Gasteiger charge is -2.26. The smallest absolute Gasteiger partial charge is 0.191 e. The highest BCUT2D eigenvalue weighted by Crippen LogP contribution is 2.26. The summed E-state index contributed by atoms with van der Waals surface area (Å²) < 4.78 is 10.9. The van der Waals surface area contributed by atoms with E-state index in [2.05, 4.69) is 20.4 Å². The van der Waals surface area contributed by atoms with Crippen LogP contribution in [0.15, 0.2) is 27.8 Å². The first kappa shape index (κ1) is 22.6. The molecule has 0 aromatic carbocycles. The number of ether oxygens (including phenoxy) is 1. The standard InChI is InChI=1S/C24H41N5O2/c1-2-6-21(5-1)19-29-13-9-22(20-29)27-24(26-11-8-23-7-3-16-31-23)25-10-4-12-28-14-17-30-18-15-28/h3,7,16,21-22H,1-2,4-6,8-15,17-20H2,(H2,25,26,27). The summed E-state index contributed by atoms with van der Waals surface area (Å²) in [6.45, 7) is 10.3. The average Bonchev–Trinajstić information content (AvgIpc) is 3.56. The van der Waals surface area contributed by atoms with Gasteiger partial charge in [-0.2, -0.15) is 0 Å². The van der Waals surface area contributed by atoms with Crippen molar-refractivity contribution in [2.75, 3.05) is 65.6 Å². The number of guanidine groups is 1. The van der Waals surface area contributed by atoms with Gasteiger partial charge in [-0.3, -0.25) is 9.89 Å². The highest BCUT2D eigenvalue weighted by molar-refractivity contribution is 5.80. The van der Waals surface area contributed by atoms with Crippen molar-refractivity contribution in [3.8, 4) is 0 Å². The highest BCUT2D eigenvalue weighted by Gasteiger charge is 2.26. The monoisotopic (exact) mass is 431 g/mol. The SMILES string of the molecule is c1coc(CCNC(=NCCCN2CCOCC2)NC2CCN(CC3CCCC3)C2)c1. The van der Waals surface area contributed by atoms with E-state index in [9.17, 15) is 0 Å². The van der Waals surface area contributed by atoms with Gasteiger partial charge < -0.3 is 24.7 Å². The molecular formula is C24H41N5O2. The number of nitrogens with zero attached hydrogens (tertiary/aromatic N) is 3. The van der Waals surface area contributed by atoms with Crippen molar-refractivity contribution >= 4 is 5.96 Å². The molecule has 7 heteroatoms. The molecule has 1 atom stereocenters. The Bertz CT molecular complexity index is 638. The minimum atomic E-state index is 0.496. The maximum atomic E-state index is 5.47. The molecule has 2 aliphatic heterocycles. The summed E-state index contributed by atoms with van der Waals surface area (Å²) in [5, 5.41) is 7.26. The normalized spacial score (nSPS) is 24.1. The molecule has 3 aliphatic rings. The second kappa shape index (κ2) is 12.5. The first-order valence-electron chi connectivity index (χ1n) is 12.4. The van der Waals surface area contributed by atoms with Gasteiger partial charge >= 0.3 is 0 Å². The molecule has 2 saturated heterocycles. The number of furan rings is 1. The van der Waals surface area contributed by atoms with Gasteiger partial charge in [0.1, 0.15) is 5.76 Å². The number of rotatable bonds is 10. The zero-order valence-corrected chi connectivity index (χ0v) is 19.1. The van der Waals surface area contributed by atoms with E-state index in [1.807, 2.05) is 12.1 Å². The van der Waals surface area contributed by atoms with Crippen LogP contribution in [-0.4, -0.2) is 87.4 Å². The molecule has 2 N–H and O–H groups in total. The fourth-order valence-corrected chi connectivity index (χ4v) is 5.09. The lowest BCUT2D eigenvalue weighted by molar-refractivity contribution is 0.0377. The molecule has 1 saturated carbocycles. The fourth-order valence-electron chi connectivity index (χ4n) is 5.09. The van der Waals surface area contributed by atoms with Gasteiger partial charge in [-0.25, -0.2) is 0 Å². The Kier molecular flexibility index (Phi) is 9.09. The van der Waals surface area contributed by atoms with Crippen LogP contribution in [0.2, 0.25) is 0 Å². The topological polar surface area (TPSA) is 65.3 Å². The van der Waals surface area contributed by atoms with E-state index >= 15 is 0 Å². The van der Waals surface area contributed by atoms with Gasteiger partial charge in [-0.05, 0) is 43.7 Å². The van der Waals surface area contributed by atoms with Crippen molar-refractivity contribution in [1.82, 2.24) is 20.4 Å². The van der Waals surface area contributed by atoms with Gasteiger partial charge in [0.25, 0.3) is 0 Å². The van der Waals surface area contributed by atoms with E-state index in [0.717, 1.165) is 83.0 Å². The second-order valence-corrected chi connectivity index (χ2v) is 9.33. The summed E-state index contributed by atoms with van der Waals surface area (Å²) in [5.74, 6) is 2.91. The van der Waals surface area contributed by atoms with Gasteiger partial charge in [0.2, 0.25) is 0 Å². The molecule has 4 rings (SSSR count). The number of aliphatic imine (C=N–C) groups is 1. The number of morpholine rings is 1. The molecule has 3 fully saturated rings. The van der Waals surface area contributed by atoms with Crippen LogP contribution in [0.3, 0.4) is 0 Å². The molecule has 1 aliphatic carbocycles. The summed E-state index contributed by atoms with van der Waals surface area (Å²) >= 11 is 0. The third-order valence-corrected chi connectivity index (χ3v) is 6.85. The Labute approximate surface area is 187 Å². The third-order valence-electron chi connectivity index (χ3n) is 6.85. The van der Waals surface area contributed by atoms with Gasteiger partial charge in [-0.15, -0.1) is 0 Å².